The van der Waals surface area contributed by atoms with Gasteiger partial charge in [0, 0.05) is 25.0 Å². The van der Waals surface area contributed by atoms with E-state index in [-0.39, 0.29) is 24.4 Å². The number of hydrogen-bond donors (Lipinski definition) is 1. The molecule has 0 spiro atoms. The first-order valence-electron chi connectivity index (χ1n) is 7.08. The SMILES string of the molecule is Cn1ncc2c(=O)n(CCC(=O)Nc3cc(Cl)ccc3Cl)cnc21. The van der Waals surface area contributed by atoms with Crippen molar-refractivity contribution in [3.8, 4) is 0 Å². The number of nitrogens with zero attached hydrogens (tertiary/aromatic N) is 4. The van der Waals surface area contributed by atoms with Gasteiger partial charge in [0.1, 0.15) is 5.39 Å². The molecule has 1 amide bonds. The topological polar surface area (TPSA) is 81.8 Å². The van der Waals surface area contributed by atoms with Gasteiger partial charge in [-0.05, 0) is 18.2 Å². The summed E-state index contributed by atoms with van der Waals surface area (Å²) in [5.74, 6) is -0.280. The van der Waals surface area contributed by atoms with Crippen LogP contribution in [0.4, 0.5) is 5.69 Å². The highest BCUT2D eigenvalue weighted by Gasteiger charge is 2.10. The molecule has 124 valence electrons. The molecule has 1 N–H and O–H groups in total. The monoisotopic (exact) mass is 365 g/mol. The van der Waals surface area contributed by atoms with Gasteiger partial charge < -0.3 is 5.32 Å². The number of nitrogens with one attached hydrogen (secondary N) is 1. The predicted molar refractivity (Wildman–Crippen MR) is 92.5 cm³/mol. The van der Waals surface area contributed by atoms with Gasteiger partial charge in [-0.15, -0.1) is 0 Å². The third kappa shape index (κ3) is 3.27. The Morgan fingerprint density at radius 1 is 1.33 bits per heavy atom. The Bertz CT molecular complexity index is 980. The number of aromatic nitrogens is 4. The van der Waals surface area contributed by atoms with Crippen LogP contribution in [0, 0.1) is 0 Å². The lowest BCUT2D eigenvalue weighted by Crippen LogP contribution is -2.23. The number of halogens is 2. The molecule has 3 aromatic rings. The number of carbonyl (C=O) groups excluding carboxylic acids is 1. The second-order valence-corrected chi connectivity index (χ2v) is 6.01. The third-order valence-corrected chi connectivity index (χ3v) is 4.07. The van der Waals surface area contributed by atoms with Crippen LogP contribution in [0.2, 0.25) is 10.0 Å². The van der Waals surface area contributed by atoms with Crippen molar-refractivity contribution < 1.29 is 4.79 Å². The van der Waals surface area contributed by atoms with Crippen molar-refractivity contribution in [3.63, 3.8) is 0 Å². The molecule has 0 bridgehead atoms. The van der Waals surface area contributed by atoms with Gasteiger partial charge in [0.15, 0.2) is 5.65 Å². The van der Waals surface area contributed by atoms with Gasteiger partial charge >= 0.3 is 0 Å². The molecule has 3 rings (SSSR count). The molecule has 0 saturated heterocycles. The second kappa shape index (κ2) is 6.62. The number of fused-ring (bicyclic) bond motifs is 1. The first-order valence-corrected chi connectivity index (χ1v) is 7.83. The largest absolute Gasteiger partial charge is 0.325 e. The molecule has 0 aliphatic carbocycles. The predicted octanol–water partition coefficient (Wildman–Crippen LogP) is 2.47. The number of aryl methyl sites for hydroxylation is 2. The quantitative estimate of drug-likeness (QED) is 0.769. The third-order valence-electron chi connectivity index (χ3n) is 3.50. The standard InChI is InChI=1S/C15H13Cl2N5O2/c1-21-14-10(7-19-21)15(24)22(8-18-14)5-4-13(23)20-12-6-9(16)2-3-11(12)17/h2-3,6-8H,4-5H2,1H3,(H,20,23). The van der Waals surface area contributed by atoms with Crippen molar-refractivity contribution in [2.75, 3.05) is 5.32 Å². The molecule has 2 aromatic heterocycles. The maximum absolute atomic E-state index is 12.3. The average Bonchev–Trinajstić information content (AvgIpc) is 2.92. The molecule has 9 heteroatoms. The number of rotatable bonds is 4. The van der Waals surface area contributed by atoms with Crippen molar-refractivity contribution in [1.29, 1.82) is 0 Å². The maximum atomic E-state index is 12.3. The number of carbonyl (C=O) groups is 1. The highest BCUT2D eigenvalue weighted by molar-refractivity contribution is 6.35. The van der Waals surface area contributed by atoms with Crippen LogP contribution in [0.1, 0.15) is 6.42 Å². The molecule has 7 nitrogen and oxygen atoms in total. The minimum Gasteiger partial charge on any atom is -0.325 e. The Morgan fingerprint density at radius 2 is 2.12 bits per heavy atom. The molecule has 0 aliphatic heterocycles. The molecule has 0 fully saturated rings. The lowest BCUT2D eigenvalue weighted by Gasteiger charge is -2.08. The molecule has 0 unspecified atom stereocenters. The van der Waals surface area contributed by atoms with E-state index in [9.17, 15) is 9.59 Å². The van der Waals surface area contributed by atoms with E-state index in [1.54, 1.807) is 25.2 Å². The van der Waals surface area contributed by atoms with Crippen molar-refractivity contribution in [2.45, 2.75) is 13.0 Å². The summed E-state index contributed by atoms with van der Waals surface area (Å²) < 4.78 is 2.90. The van der Waals surface area contributed by atoms with E-state index in [0.717, 1.165) is 0 Å². The molecule has 1 aromatic carbocycles. The summed E-state index contributed by atoms with van der Waals surface area (Å²) in [4.78, 5) is 28.6. The first kappa shape index (κ1) is 16.5. The molecule has 0 radical (unpaired) electrons. The van der Waals surface area contributed by atoms with Crippen LogP contribution in [0.5, 0.6) is 0 Å². The molecule has 2 heterocycles. The number of benzene rings is 1. The smallest absolute Gasteiger partial charge is 0.264 e. The van der Waals surface area contributed by atoms with E-state index in [1.165, 1.54) is 21.8 Å². The van der Waals surface area contributed by atoms with Crippen LogP contribution in [-0.4, -0.2) is 25.2 Å². The Morgan fingerprint density at radius 3 is 2.92 bits per heavy atom. The van der Waals surface area contributed by atoms with E-state index in [2.05, 4.69) is 15.4 Å². The Kier molecular flexibility index (Phi) is 4.55. The fourth-order valence-electron chi connectivity index (χ4n) is 2.25. The minimum atomic E-state index is -0.280. The molecule has 0 atom stereocenters. The average molecular weight is 366 g/mol. The van der Waals surface area contributed by atoms with Crippen LogP contribution in [0.15, 0.2) is 35.5 Å². The first-order chi connectivity index (χ1) is 11.5. The molecule has 0 aliphatic rings. The summed E-state index contributed by atoms with van der Waals surface area (Å²) >= 11 is 11.9. The fraction of sp³-hybridized carbons (Fsp3) is 0.200. The van der Waals surface area contributed by atoms with E-state index >= 15 is 0 Å². The van der Waals surface area contributed by atoms with Crippen LogP contribution in [-0.2, 0) is 18.4 Å². The highest BCUT2D eigenvalue weighted by atomic mass is 35.5. The van der Waals surface area contributed by atoms with Gasteiger partial charge in [0.2, 0.25) is 5.91 Å². The zero-order chi connectivity index (χ0) is 17.3. The lowest BCUT2D eigenvalue weighted by atomic mass is 10.3. The van der Waals surface area contributed by atoms with E-state index in [4.69, 9.17) is 23.2 Å². The summed E-state index contributed by atoms with van der Waals surface area (Å²) in [6.07, 6.45) is 2.97. The van der Waals surface area contributed by atoms with Gasteiger partial charge in [-0.3, -0.25) is 18.8 Å². The Hall–Kier alpha value is -2.38. The summed E-state index contributed by atoms with van der Waals surface area (Å²) in [7, 11) is 1.71. The van der Waals surface area contributed by atoms with Gasteiger partial charge in [-0.1, -0.05) is 23.2 Å². The van der Waals surface area contributed by atoms with Crippen molar-refractivity contribution in [3.05, 3.63) is 51.1 Å². The van der Waals surface area contributed by atoms with E-state index in [0.29, 0.717) is 26.8 Å². The lowest BCUT2D eigenvalue weighted by molar-refractivity contribution is -0.116. The van der Waals surface area contributed by atoms with Crippen LogP contribution < -0.4 is 10.9 Å². The summed E-state index contributed by atoms with van der Waals surface area (Å²) in [5.41, 5.74) is 0.704. The minimum absolute atomic E-state index is 0.0935. The fourth-order valence-corrected chi connectivity index (χ4v) is 2.59. The van der Waals surface area contributed by atoms with Gasteiger partial charge in [-0.2, -0.15) is 5.10 Å². The summed E-state index contributed by atoms with van der Waals surface area (Å²) in [6.45, 7) is 0.195. The number of anilines is 1. The van der Waals surface area contributed by atoms with Crippen molar-refractivity contribution in [1.82, 2.24) is 19.3 Å². The van der Waals surface area contributed by atoms with Crippen LogP contribution in [0.25, 0.3) is 11.0 Å². The summed E-state index contributed by atoms with van der Waals surface area (Å²) in [5, 5.41) is 7.95. The number of hydrogen-bond acceptors (Lipinski definition) is 4. The Labute approximate surface area is 146 Å². The molecule has 24 heavy (non-hydrogen) atoms. The normalized spacial score (nSPS) is 11.0. The molecular weight excluding hydrogens is 353 g/mol. The van der Waals surface area contributed by atoms with Crippen LogP contribution in [0.3, 0.4) is 0 Å². The maximum Gasteiger partial charge on any atom is 0.264 e. The van der Waals surface area contributed by atoms with Gasteiger partial charge in [0.05, 0.1) is 23.2 Å². The summed E-state index contributed by atoms with van der Waals surface area (Å²) in [6, 6.07) is 4.80. The van der Waals surface area contributed by atoms with Crippen molar-refractivity contribution >= 4 is 45.8 Å². The van der Waals surface area contributed by atoms with Gasteiger partial charge in [-0.25, -0.2) is 4.98 Å². The van der Waals surface area contributed by atoms with E-state index < -0.39 is 0 Å². The second-order valence-electron chi connectivity index (χ2n) is 5.17. The van der Waals surface area contributed by atoms with Crippen LogP contribution >= 0.6 is 23.2 Å². The van der Waals surface area contributed by atoms with Crippen molar-refractivity contribution in [2.24, 2.45) is 7.05 Å². The highest BCUT2D eigenvalue weighted by Crippen LogP contribution is 2.25. The molecular formula is C15H13Cl2N5O2. The molecule has 0 saturated carbocycles. The van der Waals surface area contributed by atoms with Gasteiger partial charge in [0.25, 0.3) is 5.56 Å². The Balaban J connectivity index is 1.71. The zero-order valence-corrected chi connectivity index (χ0v) is 14.2. The zero-order valence-electron chi connectivity index (χ0n) is 12.7. The van der Waals surface area contributed by atoms with E-state index in [1.807, 2.05) is 0 Å². The number of amides is 1.